The number of nitrogens with zero attached hydrogens (tertiary/aromatic N) is 1. The number of rotatable bonds is 6. The summed E-state index contributed by atoms with van der Waals surface area (Å²) in [6.07, 6.45) is 0.376. The third-order valence-electron chi connectivity index (χ3n) is 3.49. The van der Waals surface area contributed by atoms with Gasteiger partial charge in [-0.2, -0.15) is 0 Å². The number of amides is 1. The van der Waals surface area contributed by atoms with Crippen LogP contribution in [-0.4, -0.2) is 34.8 Å². The summed E-state index contributed by atoms with van der Waals surface area (Å²) in [4.78, 5) is 31.1. The second-order valence-corrected chi connectivity index (χ2v) is 6.67. The van der Waals surface area contributed by atoms with Crippen molar-refractivity contribution in [1.82, 2.24) is 15.3 Å². The monoisotopic (exact) mass is 361 g/mol. The van der Waals surface area contributed by atoms with Crippen molar-refractivity contribution in [3.8, 4) is 11.5 Å². The van der Waals surface area contributed by atoms with Gasteiger partial charge in [0.2, 0.25) is 5.91 Å². The molecule has 0 saturated heterocycles. The van der Waals surface area contributed by atoms with Gasteiger partial charge < -0.3 is 19.8 Å². The number of nitrogens with one attached hydrogen (secondary N) is 2. The summed E-state index contributed by atoms with van der Waals surface area (Å²) in [5.74, 6) is 2.61. The predicted molar refractivity (Wildman–Crippen MR) is 94.2 cm³/mol. The van der Waals surface area contributed by atoms with E-state index in [4.69, 9.17) is 9.47 Å². The van der Waals surface area contributed by atoms with Crippen LogP contribution in [0.1, 0.15) is 17.9 Å². The van der Waals surface area contributed by atoms with Crippen molar-refractivity contribution in [3.05, 3.63) is 46.1 Å². The molecule has 0 bridgehead atoms. The van der Waals surface area contributed by atoms with E-state index < -0.39 is 0 Å². The normalized spacial score (nSPS) is 12.7. The van der Waals surface area contributed by atoms with Crippen molar-refractivity contribution in [2.45, 2.75) is 24.8 Å². The van der Waals surface area contributed by atoms with E-state index in [1.54, 1.807) is 18.7 Å². The number of thioether (sulfide) groups is 1. The number of fused-ring (bicyclic) bond motifs is 1. The number of ether oxygens (including phenoxy) is 2. The zero-order valence-electron chi connectivity index (χ0n) is 13.8. The minimum absolute atomic E-state index is 0.0789. The third-order valence-corrected chi connectivity index (χ3v) is 4.49. The molecule has 1 aromatic carbocycles. The molecule has 0 spiro atoms. The molecule has 3 rings (SSSR count). The molecule has 0 saturated carbocycles. The van der Waals surface area contributed by atoms with Gasteiger partial charge in [-0.1, -0.05) is 0 Å². The van der Waals surface area contributed by atoms with Crippen molar-refractivity contribution in [2.75, 3.05) is 19.0 Å². The van der Waals surface area contributed by atoms with Crippen LogP contribution in [-0.2, 0) is 11.3 Å². The standard InChI is InChI=1S/C17H19N3O4S/c1-11-19-12(8-17(22)20-11)10-18-16(21)4-7-25-13-2-3-14-15(9-13)24-6-5-23-14/h2-3,8-9H,4-7,10H2,1H3,(H,18,21)(H,19,20,22). The Morgan fingerprint density at radius 3 is 2.88 bits per heavy atom. The second kappa shape index (κ2) is 8.06. The van der Waals surface area contributed by atoms with Crippen LogP contribution < -0.4 is 20.3 Å². The quantitative estimate of drug-likeness (QED) is 0.760. The Morgan fingerprint density at radius 2 is 2.08 bits per heavy atom. The van der Waals surface area contributed by atoms with Gasteiger partial charge in [0.05, 0.1) is 12.2 Å². The van der Waals surface area contributed by atoms with Crippen molar-refractivity contribution >= 4 is 17.7 Å². The molecule has 8 heteroatoms. The first kappa shape index (κ1) is 17.3. The maximum atomic E-state index is 11.9. The van der Waals surface area contributed by atoms with E-state index in [1.165, 1.54) is 6.07 Å². The molecular weight excluding hydrogens is 342 g/mol. The van der Waals surface area contributed by atoms with Gasteiger partial charge in [0.15, 0.2) is 11.5 Å². The maximum Gasteiger partial charge on any atom is 0.251 e. The minimum atomic E-state index is -0.217. The van der Waals surface area contributed by atoms with Crippen molar-refractivity contribution in [3.63, 3.8) is 0 Å². The summed E-state index contributed by atoms with van der Waals surface area (Å²) < 4.78 is 11.0. The summed E-state index contributed by atoms with van der Waals surface area (Å²) in [7, 11) is 0. The summed E-state index contributed by atoms with van der Waals surface area (Å²) in [5.41, 5.74) is 0.333. The highest BCUT2D eigenvalue weighted by Crippen LogP contribution is 2.34. The highest BCUT2D eigenvalue weighted by atomic mass is 32.2. The molecule has 1 aromatic heterocycles. The summed E-state index contributed by atoms with van der Waals surface area (Å²) >= 11 is 1.58. The van der Waals surface area contributed by atoms with Gasteiger partial charge in [0, 0.05) is 23.1 Å². The summed E-state index contributed by atoms with van der Waals surface area (Å²) in [6.45, 7) is 3.08. The fraction of sp³-hybridized carbons (Fsp3) is 0.353. The molecule has 25 heavy (non-hydrogen) atoms. The largest absolute Gasteiger partial charge is 0.486 e. The molecule has 1 aliphatic heterocycles. The fourth-order valence-electron chi connectivity index (χ4n) is 2.38. The van der Waals surface area contributed by atoms with Crippen LogP contribution in [0.25, 0.3) is 0 Å². The van der Waals surface area contributed by atoms with Crippen molar-refractivity contribution < 1.29 is 14.3 Å². The Hall–Kier alpha value is -2.48. The van der Waals surface area contributed by atoms with E-state index in [2.05, 4.69) is 15.3 Å². The molecule has 0 radical (unpaired) electrons. The van der Waals surface area contributed by atoms with Gasteiger partial charge in [-0.3, -0.25) is 9.59 Å². The Labute approximate surface area is 149 Å². The van der Waals surface area contributed by atoms with E-state index in [-0.39, 0.29) is 18.0 Å². The average Bonchev–Trinajstić information content (AvgIpc) is 2.59. The van der Waals surface area contributed by atoms with Crippen molar-refractivity contribution in [2.24, 2.45) is 0 Å². The molecule has 1 amide bonds. The molecule has 2 heterocycles. The predicted octanol–water partition coefficient (Wildman–Crippen LogP) is 1.65. The molecule has 2 N–H and O–H groups in total. The van der Waals surface area contributed by atoms with Crippen molar-refractivity contribution in [1.29, 1.82) is 0 Å². The van der Waals surface area contributed by atoms with Crippen LogP contribution in [0.4, 0.5) is 0 Å². The Balaban J connectivity index is 1.44. The lowest BCUT2D eigenvalue weighted by molar-refractivity contribution is -0.120. The number of aromatic amines is 1. The van der Waals surface area contributed by atoms with Crippen LogP contribution in [0.5, 0.6) is 11.5 Å². The molecule has 0 unspecified atom stereocenters. The van der Waals surface area contributed by atoms with Crippen LogP contribution in [0.2, 0.25) is 0 Å². The van der Waals surface area contributed by atoms with E-state index >= 15 is 0 Å². The van der Waals surface area contributed by atoms with Gasteiger partial charge in [-0.05, 0) is 25.1 Å². The van der Waals surface area contributed by atoms with Gasteiger partial charge in [0.25, 0.3) is 5.56 Å². The SMILES string of the molecule is Cc1nc(CNC(=O)CCSc2ccc3c(c2)OCCO3)cc(=O)[nH]1. The molecule has 132 valence electrons. The van der Waals surface area contributed by atoms with Crippen LogP contribution in [0.15, 0.2) is 34.0 Å². The van der Waals surface area contributed by atoms with E-state index in [0.29, 0.717) is 36.9 Å². The first-order chi connectivity index (χ1) is 12.1. The van der Waals surface area contributed by atoms with E-state index in [1.807, 2.05) is 18.2 Å². The van der Waals surface area contributed by atoms with E-state index in [0.717, 1.165) is 16.4 Å². The molecule has 0 fully saturated rings. The average molecular weight is 361 g/mol. The smallest absolute Gasteiger partial charge is 0.251 e. The minimum Gasteiger partial charge on any atom is -0.486 e. The lowest BCUT2D eigenvalue weighted by atomic mass is 10.3. The summed E-state index contributed by atoms with van der Waals surface area (Å²) in [6, 6.07) is 7.16. The van der Waals surface area contributed by atoms with Gasteiger partial charge in [-0.15, -0.1) is 11.8 Å². The Bertz CT molecular complexity index is 822. The molecule has 0 aliphatic carbocycles. The molecular formula is C17H19N3O4S. The number of H-pyrrole nitrogens is 1. The highest BCUT2D eigenvalue weighted by molar-refractivity contribution is 7.99. The Kier molecular flexibility index (Phi) is 5.60. The number of benzene rings is 1. The van der Waals surface area contributed by atoms with Crippen LogP contribution >= 0.6 is 11.8 Å². The lowest BCUT2D eigenvalue weighted by Crippen LogP contribution is -2.25. The molecule has 7 nitrogen and oxygen atoms in total. The molecule has 2 aromatic rings. The highest BCUT2D eigenvalue weighted by Gasteiger charge is 2.12. The van der Waals surface area contributed by atoms with Crippen LogP contribution in [0, 0.1) is 6.92 Å². The zero-order valence-corrected chi connectivity index (χ0v) is 14.6. The van der Waals surface area contributed by atoms with Crippen LogP contribution in [0.3, 0.4) is 0 Å². The number of carbonyl (C=O) groups is 1. The fourth-order valence-corrected chi connectivity index (χ4v) is 3.26. The zero-order chi connectivity index (χ0) is 17.6. The lowest BCUT2D eigenvalue weighted by Gasteiger charge is -2.18. The third kappa shape index (κ3) is 4.99. The van der Waals surface area contributed by atoms with Gasteiger partial charge >= 0.3 is 0 Å². The second-order valence-electron chi connectivity index (χ2n) is 5.50. The topological polar surface area (TPSA) is 93.3 Å². The number of hydrogen-bond acceptors (Lipinski definition) is 6. The Morgan fingerprint density at radius 1 is 1.28 bits per heavy atom. The number of carbonyl (C=O) groups excluding carboxylic acids is 1. The molecule has 1 aliphatic rings. The van der Waals surface area contributed by atoms with E-state index in [9.17, 15) is 9.59 Å². The first-order valence-corrected chi connectivity index (χ1v) is 8.95. The van der Waals surface area contributed by atoms with Gasteiger partial charge in [0.1, 0.15) is 19.0 Å². The molecule has 0 atom stereocenters. The number of aryl methyl sites for hydroxylation is 1. The first-order valence-electron chi connectivity index (χ1n) is 7.96. The number of hydrogen-bond donors (Lipinski definition) is 2. The maximum absolute atomic E-state index is 11.9. The summed E-state index contributed by atoms with van der Waals surface area (Å²) in [5, 5.41) is 2.78. The number of aromatic nitrogens is 2. The van der Waals surface area contributed by atoms with Gasteiger partial charge in [-0.25, -0.2) is 4.98 Å².